The van der Waals surface area contributed by atoms with Gasteiger partial charge in [0, 0.05) is 25.8 Å². The number of carbonyl (C=O) groups excluding carboxylic acids is 1. The van der Waals surface area contributed by atoms with Gasteiger partial charge in [0.25, 0.3) is 5.91 Å². The number of hydrogen-bond acceptors (Lipinski definition) is 3. The summed E-state index contributed by atoms with van der Waals surface area (Å²) in [5, 5.41) is 9.12. The van der Waals surface area contributed by atoms with Crippen molar-refractivity contribution in [2.45, 2.75) is 32.0 Å². The SMILES string of the molecule is COC1CCCN(C(=O)c2cccc(CO)c2)CC1. The van der Waals surface area contributed by atoms with Crippen LogP contribution in [0.2, 0.25) is 0 Å². The van der Waals surface area contributed by atoms with E-state index in [2.05, 4.69) is 0 Å². The van der Waals surface area contributed by atoms with Crippen LogP contribution in [0.1, 0.15) is 35.2 Å². The Morgan fingerprint density at radius 2 is 2.26 bits per heavy atom. The number of likely N-dealkylation sites (tertiary alicyclic amines) is 1. The summed E-state index contributed by atoms with van der Waals surface area (Å²) in [6.45, 7) is 1.48. The minimum atomic E-state index is -0.0349. The Hall–Kier alpha value is -1.39. The standard InChI is InChI=1S/C15H21NO3/c1-19-14-6-3-8-16(9-7-14)15(18)13-5-2-4-12(10-13)11-17/h2,4-5,10,14,17H,3,6-9,11H2,1H3. The maximum Gasteiger partial charge on any atom is 0.253 e. The third-order valence-corrected chi connectivity index (χ3v) is 3.65. The van der Waals surface area contributed by atoms with Crippen LogP contribution in [-0.2, 0) is 11.3 Å². The third kappa shape index (κ3) is 3.55. The summed E-state index contributed by atoms with van der Waals surface area (Å²) in [4.78, 5) is 14.3. The van der Waals surface area contributed by atoms with Crippen molar-refractivity contribution in [2.75, 3.05) is 20.2 Å². The van der Waals surface area contributed by atoms with Crippen LogP contribution < -0.4 is 0 Å². The second-order valence-corrected chi connectivity index (χ2v) is 4.94. The van der Waals surface area contributed by atoms with Gasteiger partial charge in [-0.2, -0.15) is 0 Å². The highest BCUT2D eigenvalue weighted by molar-refractivity contribution is 5.94. The lowest BCUT2D eigenvalue weighted by atomic mass is 10.1. The number of amides is 1. The van der Waals surface area contributed by atoms with Gasteiger partial charge in [0.15, 0.2) is 0 Å². The Bertz CT molecular complexity index is 433. The summed E-state index contributed by atoms with van der Waals surface area (Å²) >= 11 is 0. The first-order valence-corrected chi connectivity index (χ1v) is 6.76. The Kier molecular flexibility index (Phi) is 4.93. The Balaban J connectivity index is 2.06. The van der Waals surface area contributed by atoms with Gasteiger partial charge >= 0.3 is 0 Å². The van der Waals surface area contributed by atoms with Gasteiger partial charge in [-0.1, -0.05) is 12.1 Å². The molecule has 0 spiro atoms. The fourth-order valence-electron chi connectivity index (χ4n) is 2.49. The van der Waals surface area contributed by atoms with Crippen LogP contribution in [0.25, 0.3) is 0 Å². The molecule has 1 aliphatic heterocycles. The molecular weight excluding hydrogens is 242 g/mol. The number of aliphatic hydroxyl groups is 1. The topological polar surface area (TPSA) is 49.8 Å². The first-order valence-electron chi connectivity index (χ1n) is 6.76. The molecule has 1 unspecified atom stereocenters. The van der Waals surface area contributed by atoms with E-state index in [1.165, 1.54) is 0 Å². The van der Waals surface area contributed by atoms with Crippen molar-refractivity contribution >= 4 is 5.91 Å². The molecule has 1 aromatic rings. The molecule has 0 saturated carbocycles. The largest absolute Gasteiger partial charge is 0.392 e. The number of hydrogen-bond donors (Lipinski definition) is 1. The molecule has 104 valence electrons. The normalized spacial score (nSPS) is 20.1. The van der Waals surface area contributed by atoms with Crippen molar-refractivity contribution in [3.05, 3.63) is 35.4 Å². The van der Waals surface area contributed by atoms with Gasteiger partial charge in [0.1, 0.15) is 0 Å². The van der Waals surface area contributed by atoms with E-state index in [1.807, 2.05) is 17.0 Å². The van der Waals surface area contributed by atoms with Crippen LogP contribution in [0.4, 0.5) is 0 Å². The quantitative estimate of drug-likeness (QED) is 0.905. The average molecular weight is 263 g/mol. The summed E-state index contributed by atoms with van der Waals surface area (Å²) in [6.07, 6.45) is 3.14. The summed E-state index contributed by atoms with van der Waals surface area (Å²) < 4.78 is 5.37. The molecule has 1 saturated heterocycles. The maximum atomic E-state index is 12.4. The molecule has 1 aromatic carbocycles. The van der Waals surface area contributed by atoms with Crippen LogP contribution in [0.15, 0.2) is 24.3 Å². The first kappa shape index (κ1) is 14.0. The smallest absolute Gasteiger partial charge is 0.253 e. The van der Waals surface area contributed by atoms with Gasteiger partial charge in [0.2, 0.25) is 0 Å². The van der Waals surface area contributed by atoms with Crippen molar-refractivity contribution < 1.29 is 14.6 Å². The molecule has 1 heterocycles. The molecule has 0 radical (unpaired) electrons. The van der Waals surface area contributed by atoms with Crippen LogP contribution in [0.3, 0.4) is 0 Å². The van der Waals surface area contributed by atoms with Gasteiger partial charge < -0.3 is 14.7 Å². The van der Waals surface area contributed by atoms with Crippen molar-refractivity contribution in [3.8, 4) is 0 Å². The molecule has 1 atom stereocenters. The second-order valence-electron chi connectivity index (χ2n) is 4.94. The fraction of sp³-hybridized carbons (Fsp3) is 0.533. The molecule has 1 aliphatic rings. The lowest BCUT2D eigenvalue weighted by Crippen LogP contribution is -2.32. The monoisotopic (exact) mass is 263 g/mol. The maximum absolute atomic E-state index is 12.4. The third-order valence-electron chi connectivity index (χ3n) is 3.65. The molecule has 1 fully saturated rings. The lowest BCUT2D eigenvalue weighted by Gasteiger charge is -2.20. The van der Waals surface area contributed by atoms with E-state index in [4.69, 9.17) is 9.84 Å². The number of ether oxygens (including phenoxy) is 1. The second kappa shape index (κ2) is 6.68. The highest BCUT2D eigenvalue weighted by Crippen LogP contribution is 2.16. The van der Waals surface area contributed by atoms with E-state index < -0.39 is 0 Å². The van der Waals surface area contributed by atoms with Crippen molar-refractivity contribution in [1.82, 2.24) is 4.90 Å². The molecule has 1 amide bonds. The summed E-state index contributed by atoms with van der Waals surface area (Å²) in [7, 11) is 1.73. The molecular formula is C15H21NO3. The Morgan fingerprint density at radius 1 is 1.42 bits per heavy atom. The van der Waals surface area contributed by atoms with Crippen molar-refractivity contribution in [3.63, 3.8) is 0 Å². The molecule has 1 N–H and O–H groups in total. The van der Waals surface area contributed by atoms with E-state index in [-0.39, 0.29) is 18.6 Å². The molecule has 4 heteroatoms. The van der Waals surface area contributed by atoms with E-state index in [0.717, 1.165) is 37.9 Å². The van der Waals surface area contributed by atoms with Crippen molar-refractivity contribution in [1.29, 1.82) is 0 Å². The minimum Gasteiger partial charge on any atom is -0.392 e. The zero-order valence-electron chi connectivity index (χ0n) is 11.3. The molecule has 2 rings (SSSR count). The van der Waals surface area contributed by atoms with Crippen LogP contribution >= 0.6 is 0 Å². The number of carbonyl (C=O) groups is 1. The predicted molar refractivity (Wildman–Crippen MR) is 72.9 cm³/mol. The highest BCUT2D eigenvalue weighted by Gasteiger charge is 2.21. The molecule has 0 bridgehead atoms. The predicted octanol–water partition coefficient (Wildman–Crippen LogP) is 1.82. The van der Waals surface area contributed by atoms with Gasteiger partial charge in [-0.15, -0.1) is 0 Å². The highest BCUT2D eigenvalue weighted by atomic mass is 16.5. The number of nitrogens with zero attached hydrogens (tertiary/aromatic N) is 1. The van der Waals surface area contributed by atoms with Gasteiger partial charge in [-0.05, 0) is 37.0 Å². The van der Waals surface area contributed by atoms with E-state index in [9.17, 15) is 4.79 Å². The molecule has 0 aliphatic carbocycles. The average Bonchev–Trinajstić information content (AvgIpc) is 2.72. The van der Waals surface area contributed by atoms with Crippen molar-refractivity contribution in [2.24, 2.45) is 0 Å². The molecule has 0 aromatic heterocycles. The first-order chi connectivity index (χ1) is 9.24. The summed E-state index contributed by atoms with van der Waals surface area (Å²) in [6, 6.07) is 7.20. The number of aliphatic hydroxyl groups excluding tert-OH is 1. The lowest BCUT2D eigenvalue weighted by molar-refractivity contribution is 0.0723. The zero-order chi connectivity index (χ0) is 13.7. The van der Waals surface area contributed by atoms with E-state index >= 15 is 0 Å². The zero-order valence-corrected chi connectivity index (χ0v) is 11.3. The Morgan fingerprint density at radius 3 is 3.00 bits per heavy atom. The number of rotatable bonds is 3. The van der Waals surface area contributed by atoms with E-state index in [0.29, 0.717) is 5.56 Å². The van der Waals surface area contributed by atoms with Crippen LogP contribution in [-0.4, -0.2) is 42.2 Å². The minimum absolute atomic E-state index is 0.0349. The molecule has 4 nitrogen and oxygen atoms in total. The number of benzene rings is 1. The molecule has 19 heavy (non-hydrogen) atoms. The Labute approximate surface area is 114 Å². The summed E-state index contributed by atoms with van der Waals surface area (Å²) in [5.74, 6) is 0.0482. The summed E-state index contributed by atoms with van der Waals surface area (Å²) in [5.41, 5.74) is 1.43. The van der Waals surface area contributed by atoms with Gasteiger partial charge in [-0.25, -0.2) is 0 Å². The van der Waals surface area contributed by atoms with Gasteiger partial charge in [-0.3, -0.25) is 4.79 Å². The van der Waals surface area contributed by atoms with Crippen LogP contribution in [0.5, 0.6) is 0 Å². The fourth-order valence-corrected chi connectivity index (χ4v) is 2.49. The van der Waals surface area contributed by atoms with Crippen LogP contribution in [0, 0.1) is 0 Å². The number of methoxy groups -OCH3 is 1. The van der Waals surface area contributed by atoms with Gasteiger partial charge in [0.05, 0.1) is 12.7 Å². The van der Waals surface area contributed by atoms with E-state index in [1.54, 1.807) is 19.2 Å².